The second-order valence-corrected chi connectivity index (χ2v) is 9.62. The Morgan fingerprint density at radius 3 is 2.83 bits per heavy atom. The summed E-state index contributed by atoms with van der Waals surface area (Å²) in [4.78, 5) is 29.3. The number of pyridine rings is 1. The Balaban J connectivity index is 1.52. The number of methoxy groups -OCH3 is 1. The highest BCUT2D eigenvalue weighted by molar-refractivity contribution is 5.77. The van der Waals surface area contributed by atoms with E-state index in [0.29, 0.717) is 18.8 Å². The molecule has 0 spiro atoms. The molecule has 1 aliphatic heterocycles. The number of unbranched alkanes of at least 4 members (excludes halogenated alkanes) is 1. The van der Waals surface area contributed by atoms with Gasteiger partial charge in [-0.2, -0.15) is 0 Å². The van der Waals surface area contributed by atoms with Crippen molar-refractivity contribution in [3.8, 4) is 0 Å². The van der Waals surface area contributed by atoms with Crippen molar-refractivity contribution in [2.45, 2.75) is 57.6 Å². The summed E-state index contributed by atoms with van der Waals surface area (Å²) in [6, 6.07) is 5.36. The minimum atomic E-state index is -0.896. The molecule has 198 valence electrons. The van der Waals surface area contributed by atoms with Crippen LogP contribution in [0, 0.1) is 0 Å². The first kappa shape index (κ1) is 27.6. The Hall–Kier alpha value is -2.98. The maximum absolute atomic E-state index is 12.0. The van der Waals surface area contributed by atoms with Crippen LogP contribution in [0.25, 0.3) is 0 Å². The van der Waals surface area contributed by atoms with Crippen molar-refractivity contribution < 1.29 is 14.6 Å². The number of hydrogen-bond acceptors (Lipinski definition) is 9. The number of carboxylic acids is 1. The molecule has 0 aliphatic carbocycles. The van der Waals surface area contributed by atoms with Crippen LogP contribution in [0.1, 0.15) is 43.9 Å². The number of fused-ring (bicyclic) bond motifs is 1. The molecule has 0 saturated carbocycles. The molecule has 3 N–H and O–H groups in total. The number of nitrogens with zero attached hydrogens (tertiary/aromatic N) is 5. The van der Waals surface area contributed by atoms with E-state index in [-0.39, 0.29) is 6.10 Å². The lowest BCUT2D eigenvalue weighted by molar-refractivity contribution is -0.138. The van der Waals surface area contributed by atoms with Crippen LogP contribution in [0.15, 0.2) is 24.5 Å². The number of ether oxygens (including phenoxy) is 1. The van der Waals surface area contributed by atoms with Gasteiger partial charge in [0.05, 0.1) is 6.10 Å². The molecule has 0 unspecified atom stereocenters. The summed E-state index contributed by atoms with van der Waals surface area (Å²) in [5.74, 6) is 1.37. The average molecular weight is 500 g/mol. The molecule has 10 nitrogen and oxygen atoms in total. The number of hydrogen-bond donors (Lipinski definition) is 3. The molecule has 0 saturated heterocycles. The van der Waals surface area contributed by atoms with Crippen molar-refractivity contribution in [1.82, 2.24) is 19.9 Å². The monoisotopic (exact) mass is 499 g/mol. The zero-order chi connectivity index (χ0) is 25.9. The van der Waals surface area contributed by atoms with Crippen molar-refractivity contribution in [1.29, 1.82) is 0 Å². The summed E-state index contributed by atoms with van der Waals surface area (Å²) in [6.45, 7) is 5.30. The van der Waals surface area contributed by atoms with Crippen molar-refractivity contribution in [3.63, 3.8) is 0 Å². The molecule has 3 rings (SSSR count). The van der Waals surface area contributed by atoms with Crippen molar-refractivity contribution in [2.75, 3.05) is 62.9 Å². The van der Waals surface area contributed by atoms with Gasteiger partial charge in [-0.05, 0) is 63.6 Å². The second kappa shape index (κ2) is 13.9. The zero-order valence-electron chi connectivity index (χ0n) is 22.0. The first-order valence-corrected chi connectivity index (χ1v) is 12.8. The van der Waals surface area contributed by atoms with Crippen LogP contribution in [0.5, 0.6) is 0 Å². The van der Waals surface area contributed by atoms with Gasteiger partial charge in [0.1, 0.15) is 29.8 Å². The SMILES string of the molecule is CO[C@H](C)CN(CCCCc1ccc2c(n1)NCCC2)CC[C@H](Nc1cc(N(C)C)ncn1)C(=O)O. The molecule has 2 aromatic heterocycles. The number of aromatic nitrogens is 3. The van der Waals surface area contributed by atoms with Crippen LogP contribution in [0.3, 0.4) is 0 Å². The van der Waals surface area contributed by atoms with Crippen LogP contribution in [0.4, 0.5) is 17.5 Å². The van der Waals surface area contributed by atoms with Gasteiger partial charge in [-0.1, -0.05) is 6.07 Å². The second-order valence-electron chi connectivity index (χ2n) is 9.62. The van der Waals surface area contributed by atoms with Crippen LogP contribution in [-0.4, -0.2) is 90.5 Å². The molecule has 0 aromatic carbocycles. The van der Waals surface area contributed by atoms with Gasteiger partial charge in [-0.15, -0.1) is 0 Å². The van der Waals surface area contributed by atoms with E-state index in [9.17, 15) is 9.90 Å². The standard InChI is InChI=1S/C26H41N7O3/c1-19(36-4)17-33(14-6-5-9-21-11-10-20-8-7-13-27-25(20)30-21)15-12-22(26(34)35)31-23-16-24(32(2)3)29-18-28-23/h10-11,16,18-19,22H,5-9,12-15,17H2,1-4H3,(H,27,30)(H,34,35)(H,28,29,31)/t19-,22+/m1/s1. The lowest BCUT2D eigenvalue weighted by atomic mass is 10.1. The predicted molar refractivity (Wildman–Crippen MR) is 143 cm³/mol. The van der Waals surface area contributed by atoms with E-state index in [1.54, 1.807) is 13.2 Å². The van der Waals surface area contributed by atoms with E-state index >= 15 is 0 Å². The predicted octanol–water partition coefficient (Wildman–Crippen LogP) is 2.91. The van der Waals surface area contributed by atoms with Gasteiger partial charge in [-0.25, -0.2) is 19.7 Å². The van der Waals surface area contributed by atoms with E-state index in [1.165, 1.54) is 11.9 Å². The Labute approximate surface area is 214 Å². The Kier molecular flexibility index (Phi) is 10.7. The van der Waals surface area contributed by atoms with Gasteiger partial charge in [0.2, 0.25) is 0 Å². The normalized spacial score (nSPS) is 14.6. The summed E-state index contributed by atoms with van der Waals surface area (Å²) >= 11 is 0. The third kappa shape index (κ3) is 8.60. The van der Waals surface area contributed by atoms with Crippen LogP contribution in [-0.2, 0) is 22.4 Å². The van der Waals surface area contributed by atoms with Crippen molar-refractivity contribution >= 4 is 23.4 Å². The largest absolute Gasteiger partial charge is 0.480 e. The molecule has 0 bridgehead atoms. The van der Waals surface area contributed by atoms with Crippen LogP contribution >= 0.6 is 0 Å². The highest BCUT2D eigenvalue weighted by atomic mass is 16.5. The van der Waals surface area contributed by atoms with Gasteiger partial charge in [0.15, 0.2) is 0 Å². The van der Waals surface area contributed by atoms with Gasteiger partial charge in [-0.3, -0.25) is 0 Å². The maximum Gasteiger partial charge on any atom is 0.326 e. The highest BCUT2D eigenvalue weighted by Crippen LogP contribution is 2.20. The highest BCUT2D eigenvalue weighted by Gasteiger charge is 2.20. The molecule has 1 aliphatic rings. The average Bonchev–Trinajstić information content (AvgIpc) is 2.88. The summed E-state index contributed by atoms with van der Waals surface area (Å²) < 4.78 is 5.48. The summed E-state index contributed by atoms with van der Waals surface area (Å²) in [7, 11) is 5.47. The maximum atomic E-state index is 12.0. The first-order valence-electron chi connectivity index (χ1n) is 12.8. The lowest BCUT2D eigenvalue weighted by Crippen LogP contribution is -2.38. The number of aliphatic carboxylic acids is 1. The van der Waals surface area contributed by atoms with Gasteiger partial charge >= 0.3 is 5.97 Å². The zero-order valence-corrected chi connectivity index (χ0v) is 22.0. The number of aryl methyl sites for hydroxylation is 2. The Morgan fingerprint density at radius 1 is 1.25 bits per heavy atom. The molecule has 10 heteroatoms. The van der Waals surface area contributed by atoms with Gasteiger partial charge < -0.3 is 30.3 Å². The number of nitrogens with one attached hydrogen (secondary N) is 2. The molecule has 2 atom stereocenters. The summed E-state index contributed by atoms with van der Waals surface area (Å²) in [6.07, 6.45) is 7.19. The molecule has 3 heterocycles. The number of carboxylic acid groups (broad SMARTS) is 1. The lowest BCUT2D eigenvalue weighted by Gasteiger charge is -2.27. The fourth-order valence-electron chi connectivity index (χ4n) is 4.30. The van der Waals surface area contributed by atoms with Gasteiger partial charge in [0, 0.05) is 52.6 Å². The molecular formula is C26H41N7O3. The summed E-state index contributed by atoms with van der Waals surface area (Å²) in [5.41, 5.74) is 2.43. The first-order chi connectivity index (χ1) is 17.4. The fourth-order valence-corrected chi connectivity index (χ4v) is 4.30. The van der Waals surface area contributed by atoms with Gasteiger partial charge in [0.25, 0.3) is 0 Å². The van der Waals surface area contributed by atoms with E-state index < -0.39 is 12.0 Å². The molecule has 0 radical (unpaired) electrons. The van der Waals surface area contributed by atoms with Crippen molar-refractivity contribution in [2.24, 2.45) is 0 Å². The topological polar surface area (TPSA) is 116 Å². The van der Waals surface area contributed by atoms with E-state index in [0.717, 1.165) is 69.1 Å². The number of carbonyl (C=O) groups is 1. The Morgan fingerprint density at radius 2 is 2.08 bits per heavy atom. The molecule has 2 aromatic rings. The minimum Gasteiger partial charge on any atom is -0.480 e. The molecular weight excluding hydrogens is 458 g/mol. The van der Waals surface area contributed by atoms with E-state index in [1.807, 2.05) is 25.9 Å². The fraction of sp³-hybridized carbons (Fsp3) is 0.615. The van der Waals surface area contributed by atoms with Crippen LogP contribution in [0.2, 0.25) is 0 Å². The van der Waals surface area contributed by atoms with E-state index in [2.05, 4.69) is 37.6 Å². The third-order valence-corrected chi connectivity index (χ3v) is 6.49. The van der Waals surface area contributed by atoms with Crippen molar-refractivity contribution in [3.05, 3.63) is 35.8 Å². The third-order valence-electron chi connectivity index (χ3n) is 6.49. The molecule has 36 heavy (non-hydrogen) atoms. The number of anilines is 3. The Bertz CT molecular complexity index is 972. The number of rotatable bonds is 15. The van der Waals surface area contributed by atoms with E-state index in [4.69, 9.17) is 9.72 Å². The molecule has 0 fully saturated rings. The minimum absolute atomic E-state index is 0.0686. The molecule has 0 amide bonds. The smallest absolute Gasteiger partial charge is 0.326 e. The summed E-state index contributed by atoms with van der Waals surface area (Å²) in [5, 5.41) is 16.3. The quantitative estimate of drug-likeness (QED) is 0.316. The van der Waals surface area contributed by atoms with Crippen LogP contribution < -0.4 is 15.5 Å².